The molecule has 1 aliphatic heterocycles. The third-order valence-corrected chi connectivity index (χ3v) is 3.91. The summed E-state index contributed by atoms with van der Waals surface area (Å²) in [5.41, 5.74) is -0.726. The van der Waals surface area contributed by atoms with Crippen LogP contribution in [-0.2, 0) is 9.53 Å². The Bertz CT molecular complexity index is 351. The summed E-state index contributed by atoms with van der Waals surface area (Å²) in [4.78, 5) is 25.9. The third kappa shape index (κ3) is 2.68. The van der Waals surface area contributed by atoms with Crippen molar-refractivity contribution < 1.29 is 14.3 Å². The molecule has 1 saturated heterocycles. The topological polar surface area (TPSA) is 46.6 Å². The van der Waals surface area contributed by atoms with Crippen LogP contribution in [0, 0.1) is 5.41 Å². The summed E-state index contributed by atoms with van der Waals surface area (Å²) in [5.74, 6) is 0.347. The number of likely N-dealkylation sites (tertiary alicyclic amines) is 1. The van der Waals surface area contributed by atoms with Gasteiger partial charge in [0.1, 0.15) is 11.4 Å². The first-order chi connectivity index (χ1) is 8.32. The molecule has 0 aromatic carbocycles. The van der Waals surface area contributed by atoms with E-state index in [0.717, 1.165) is 25.7 Å². The predicted octanol–water partition coefficient (Wildman–Crippen LogP) is 2.76. The molecule has 2 rings (SSSR count). The van der Waals surface area contributed by atoms with Crippen molar-refractivity contribution in [2.75, 3.05) is 13.1 Å². The van der Waals surface area contributed by atoms with Gasteiger partial charge < -0.3 is 9.64 Å². The van der Waals surface area contributed by atoms with Crippen LogP contribution in [0.2, 0.25) is 0 Å². The number of carbonyl (C=O) groups excluding carboxylic acids is 2. The number of piperidine rings is 1. The first-order valence-corrected chi connectivity index (χ1v) is 6.84. The molecule has 1 heterocycles. The van der Waals surface area contributed by atoms with Gasteiger partial charge >= 0.3 is 6.09 Å². The van der Waals surface area contributed by atoms with Gasteiger partial charge in [0.05, 0.1) is 0 Å². The van der Waals surface area contributed by atoms with Crippen molar-refractivity contribution in [3.05, 3.63) is 0 Å². The van der Waals surface area contributed by atoms with Gasteiger partial charge in [-0.05, 0) is 33.6 Å². The second kappa shape index (κ2) is 4.56. The van der Waals surface area contributed by atoms with E-state index in [0.29, 0.717) is 25.3 Å². The van der Waals surface area contributed by atoms with Crippen molar-refractivity contribution in [3.63, 3.8) is 0 Å². The maximum Gasteiger partial charge on any atom is 0.410 e. The fraction of sp³-hybridized carbons (Fsp3) is 0.857. The van der Waals surface area contributed by atoms with E-state index in [2.05, 4.69) is 0 Å². The fourth-order valence-electron chi connectivity index (χ4n) is 3.01. The average molecular weight is 253 g/mol. The smallest absolute Gasteiger partial charge is 0.410 e. The molecule has 0 bridgehead atoms. The number of hydrogen-bond acceptors (Lipinski definition) is 3. The zero-order chi connectivity index (χ0) is 13.4. The van der Waals surface area contributed by atoms with Crippen LogP contribution in [0.5, 0.6) is 0 Å². The van der Waals surface area contributed by atoms with Gasteiger partial charge in [0.15, 0.2) is 0 Å². The SMILES string of the molecule is CC(C)(C)OC(=O)N1CCC(=O)C2(CCCC2)C1. The maximum absolute atomic E-state index is 12.1. The molecule has 1 amide bonds. The molecular weight excluding hydrogens is 230 g/mol. The second-order valence-electron chi connectivity index (χ2n) is 6.56. The van der Waals surface area contributed by atoms with E-state index in [1.165, 1.54) is 0 Å². The molecule has 0 aromatic rings. The number of carbonyl (C=O) groups is 2. The largest absolute Gasteiger partial charge is 0.444 e. The molecular formula is C14H23NO3. The van der Waals surface area contributed by atoms with Crippen LogP contribution in [0.4, 0.5) is 4.79 Å². The average Bonchev–Trinajstić information content (AvgIpc) is 2.69. The number of amides is 1. The molecule has 102 valence electrons. The van der Waals surface area contributed by atoms with Gasteiger partial charge in [-0.3, -0.25) is 4.79 Å². The van der Waals surface area contributed by atoms with E-state index >= 15 is 0 Å². The van der Waals surface area contributed by atoms with Crippen LogP contribution in [-0.4, -0.2) is 35.5 Å². The minimum atomic E-state index is -0.471. The Kier molecular flexibility index (Phi) is 3.39. The van der Waals surface area contributed by atoms with Gasteiger partial charge in [-0.25, -0.2) is 4.79 Å². The molecule has 0 aromatic heterocycles. The van der Waals surface area contributed by atoms with Gasteiger partial charge in [-0.2, -0.15) is 0 Å². The summed E-state index contributed by atoms with van der Waals surface area (Å²) in [6.45, 7) is 6.66. The summed E-state index contributed by atoms with van der Waals surface area (Å²) in [6.07, 6.45) is 4.29. The number of rotatable bonds is 0. The van der Waals surface area contributed by atoms with E-state index < -0.39 is 5.60 Å². The van der Waals surface area contributed by atoms with Crippen molar-refractivity contribution in [2.45, 2.75) is 58.5 Å². The molecule has 1 saturated carbocycles. The Morgan fingerprint density at radius 3 is 2.44 bits per heavy atom. The summed E-state index contributed by atoms with van der Waals surface area (Å²) < 4.78 is 5.39. The molecule has 1 spiro atoms. The first-order valence-electron chi connectivity index (χ1n) is 6.84. The lowest BCUT2D eigenvalue weighted by Gasteiger charge is -2.39. The molecule has 0 radical (unpaired) electrons. The number of ketones is 1. The van der Waals surface area contributed by atoms with Gasteiger partial charge in [0.25, 0.3) is 0 Å². The lowest BCUT2D eigenvalue weighted by Crippen LogP contribution is -2.51. The molecule has 0 atom stereocenters. The monoisotopic (exact) mass is 253 g/mol. The molecule has 0 N–H and O–H groups in total. The van der Waals surface area contributed by atoms with Crippen LogP contribution in [0.15, 0.2) is 0 Å². The van der Waals surface area contributed by atoms with Crippen molar-refractivity contribution >= 4 is 11.9 Å². The Morgan fingerprint density at radius 2 is 1.89 bits per heavy atom. The summed E-state index contributed by atoms with van der Waals surface area (Å²) in [6, 6.07) is 0. The minimum Gasteiger partial charge on any atom is -0.444 e. The molecule has 0 unspecified atom stereocenters. The second-order valence-corrected chi connectivity index (χ2v) is 6.56. The highest BCUT2D eigenvalue weighted by Crippen LogP contribution is 2.42. The lowest BCUT2D eigenvalue weighted by molar-refractivity contribution is -0.133. The first kappa shape index (κ1) is 13.4. The number of ether oxygens (including phenoxy) is 1. The van der Waals surface area contributed by atoms with Gasteiger partial charge in [-0.1, -0.05) is 12.8 Å². The normalized spacial score (nSPS) is 23.5. The van der Waals surface area contributed by atoms with Crippen molar-refractivity contribution in [1.29, 1.82) is 0 Å². The number of nitrogens with zero attached hydrogens (tertiary/aromatic N) is 1. The Labute approximate surface area is 109 Å². The lowest BCUT2D eigenvalue weighted by atomic mass is 9.77. The van der Waals surface area contributed by atoms with Crippen LogP contribution in [0.25, 0.3) is 0 Å². The fourth-order valence-corrected chi connectivity index (χ4v) is 3.01. The van der Waals surface area contributed by atoms with Crippen LogP contribution in [0.1, 0.15) is 52.9 Å². The zero-order valence-electron chi connectivity index (χ0n) is 11.6. The van der Waals surface area contributed by atoms with Crippen molar-refractivity contribution in [1.82, 2.24) is 4.90 Å². The van der Waals surface area contributed by atoms with E-state index in [1.807, 2.05) is 20.8 Å². The third-order valence-electron chi connectivity index (χ3n) is 3.91. The minimum absolute atomic E-state index is 0.255. The van der Waals surface area contributed by atoms with Gasteiger partial charge in [0.2, 0.25) is 0 Å². The maximum atomic E-state index is 12.1. The van der Waals surface area contributed by atoms with Crippen LogP contribution >= 0.6 is 0 Å². The number of hydrogen-bond donors (Lipinski definition) is 0. The Morgan fingerprint density at radius 1 is 1.28 bits per heavy atom. The van der Waals surface area contributed by atoms with E-state index in [1.54, 1.807) is 4.90 Å². The van der Waals surface area contributed by atoms with Crippen molar-refractivity contribution in [2.24, 2.45) is 5.41 Å². The summed E-state index contributed by atoms with van der Waals surface area (Å²) in [5, 5.41) is 0. The highest BCUT2D eigenvalue weighted by Gasteiger charge is 2.46. The standard InChI is InChI=1S/C14H23NO3/c1-13(2,3)18-12(17)15-9-6-11(16)14(10-15)7-4-5-8-14/h4-10H2,1-3H3. The van der Waals surface area contributed by atoms with Gasteiger partial charge in [0, 0.05) is 24.9 Å². The van der Waals surface area contributed by atoms with Crippen LogP contribution < -0.4 is 0 Å². The Hall–Kier alpha value is -1.06. The molecule has 4 nitrogen and oxygen atoms in total. The van der Waals surface area contributed by atoms with Crippen LogP contribution in [0.3, 0.4) is 0 Å². The molecule has 18 heavy (non-hydrogen) atoms. The molecule has 1 aliphatic carbocycles. The summed E-state index contributed by atoms with van der Waals surface area (Å²) >= 11 is 0. The van der Waals surface area contributed by atoms with Gasteiger partial charge in [-0.15, -0.1) is 0 Å². The van der Waals surface area contributed by atoms with E-state index in [4.69, 9.17) is 4.74 Å². The Balaban J connectivity index is 2.03. The highest BCUT2D eigenvalue weighted by atomic mass is 16.6. The van der Waals surface area contributed by atoms with E-state index in [-0.39, 0.29) is 11.5 Å². The number of Topliss-reactive ketones (excluding diaryl/α,β-unsaturated/α-hetero) is 1. The molecule has 2 aliphatic rings. The quantitative estimate of drug-likeness (QED) is 0.667. The molecule has 4 heteroatoms. The van der Waals surface area contributed by atoms with Crippen molar-refractivity contribution in [3.8, 4) is 0 Å². The zero-order valence-corrected chi connectivity index (χ0v) is 11.6. The molecule has 2 fully saturated rings. The predicted molar refractivity (Wildman–Crippen MR) is 68.3 cm³/mol. The van der Waals surface area contributed by atoms with E-state index in [9.17, 15) is 9.59 Å². The highest BCUT2D eigenvalue weighted by molar-refractivity contribution is 5.87. The summed E-state index contributed by atoms with van der Waals surface area (Å²) in [7, 11) is 0.